The Balaban J connectivity index is 1.84. The number of fused-ring (bicyclic) bond motifs is 1. The number of H-pyrrole nitrogens is 1. The smallest absolute Gasteiger partial charge is 0.335 e. The third-order valence-corrected chi connectivity index (χ3v) is 4.88. The van der Waals surface area contributed by atoms with Gasteiger partial charge in [-0.3, -0.25) is 14.6 Å². The van der Waals surface area contributed by atoms with Crippen LogP contribution in [0.5, 0.6) is 0 Å². The molecule has 146 valence electrons. The third kappa shape index (κ3) is 2.83. The highest BCUT2D eigenvalue weighted by Gasteiger charge is 2.54. The molecule has 1 aliphatic carbocycles. The minimum atomic E-state index is -2.82. The van der Waals surface area contributed by atoms with Crippen molar-refractivity contribution in [1.82, 2.24) is 14.9 Å². The zero-order valence-corrected chi connectivity index (χ0v) is 15.1. The van der Waals surface area contributed by atoms with Crippen LogP contribution in [0.25, 0.3) is 16.8 Å². The first-order valence-electron chi connectivity index (χ1n) is 8.64. The van der Waals surface area contributed by atoms with Crippen molar-refractivity contribution < 1.29 is 18.0 Å². The van der Waals surface area contributed by atoms with E-state index >= 15 is 0 Å². The van der Waals surface area contributed by atoms with Crippen LogP contribution in [0.2, 0.25) is 0 Å². The lowest BCUT2D eigenvalue weighted by molar-refractivity contribution is -0.124. The Bertz CT molecular complexity index is 1200. The molecule has 0 atom stereocenters. The summed E-state index contributed by atoms with van der Waals surface area (Å²) in [6, 6.07) is 8.21. The average Bonchev–Trinajstić information content (AvgIpc) is 2.89. The Hall–Kier alpha value is -3.23. The van der Waals surface area contributed by atoms with Crippen molar-refractivity contribution in [3.05, 3.63) is 62.5 Å². The van der Waals surface area contributed by atoms with Gasteiger partial charge in [0.15, 0.2) is 0 Å². The Labute approximate surface area is 157 Å². The molecule has 2 heterocycles. The molecule has 1 amide bonds. The normalized spacial score (nSPS) is 17.3. The van der Waals surface area contributed by atoms with E-state index in [0.29, 0.717) is 5.69 Å². The van der Waals surface area contributed by atoms with Gasteiger partial charge in [0.1, 0.15) is 11.1 Å². The van der Waals surface area contributed by atoms with Crippen LogP contribution in [0.3, 0.4) is 0 Å². The number of amides is 1. The van der Waals surface area contributed by atoms with Gasteiger partial charge >= 0.3 is 5.69 Å². The molecule has 28 heavy (non-hydrogen) atoms. The average molecular weight is 389 g/mol. The van der Waals surface area contributed by atoms with Crippen LogP contribution in [-0.4, -0.2) is 26.9 Å². The second-order valence-corrected chi connectivity index (χ2v) is 7.37. The summed E-state index contributed by atoms with van der Waals surface area (Å²) in [5.41, 5.74) is -2.39. The molecule has 0 saturated heterocycles. The van der Waals surface area contributed by atoms with Crippen molar-refractivity contribution in [3.8, 4) is 5.69 Å². The molecule has 0 aliphatic heterocycles. The highest BCUT2D eigenvalue weighted by Crippen LogP contribution is 2.45. The molecular weight excluding hydrogens is 372 g/mol. The van der Waals surface area contributed by atoms with Gasteiger partial charge in [-0.05, 0) is 26.0 Å². The molecule has 3 aromatic rings. The summed E-state index contributed by atoms with van der Waals surface area (Å²) in [4.78, 5) is 40.6. The standard InChI is InChI=1S/C19H17F2N3O4/c1-10-12(14(25)23-18(2)8-19(20,21)9-18)13-15(28-10)22-17(27)24(16(13)26)11-6-4-3-5-7-11/h3-7H,8-9H2,1-2H3,(H,22,27)(H,23,25). The van der Waals surface area contributed by atoms with Gasteiger partial charge < -0.3 is 9.73 Å². The fraction of sp³-hybridized carbons (Fsp3) is 0.316. The lowest BCUT2D eigenvalue weighted by Gasteiger charge is -2.45. The van der Waals surface area contributed by atoms with Crippen LogP contribution in [-0.2, 0) is 0 Å². The number of benzene rings is 1. The van der Waals surface area contributed by atoms with Gasteiger partial charge in [0.2, 0.25) is 5.71 Å². The largest absolute Gasteiger partial charge is 0.444 e. The molecular formula is C19H17F2N3O4. The summed E-state index contributed by atoms with van der Waals surface area (Å²) in [6.07, 6.45) is -0.961. The van der Waals surface area contributed by atoms with Gasteiger partial charge in [0.05, 0.1) is 11.3 Å². The molecule has 1 saturated carbocycles. The van der Waals surface area contributed by atoms with Gasteiger partial charge in [-0.25, -0.2) is 18.1 Å². The Kier molecular flexibility index (Phi) is 3.81. The van der Waals surface area contributed by atoms with E-state index in [1.165, 1.54) is 13.8 Å². The quantitative estimate of drug-likeness (QED) is 0.719. The number of para-hydroxylation sites is 1. The summed E-state index contributed by atoms with van der Waals surface area (Å²) in [6.45, 7) is 2.99. The zero-order valence-electron chi connectivity index (χ0n) is 15.1. The topological polar surface area (TPSA) is 97.1 Å². The molecule has 0 unspecified atom stereocenters. The van der Waals surface area contributed by atoms with Crippen LogP contribution in [0, 0.1) is 6.92 Å². The molecule has 2 aromatic heterocycles. The van der Waals surface area contributed by atoms with E-state index < -0.39 is 41.5 Å². The summed E-state index contributed by atoms with van der Waals surface area (Å²) < 4.78 is 32.8. The van der Waals surface area contributed by atoms with E-state index in [9.17, 15) is 23.2 Å². The lowest BCUT2D eigenvalue weighted by Crippen LogP contribution is -2.60. The Morgan fingerprint density at radius 1 is 1.21 bits per heavy atom. The van der Waals surface area contributed by atoms with Crippen molar-refractivity contribution in [1.29, 1.82) is 0 Å². The van der Waals surface area contributed by atoms with E-state index in [-0.39, 0.29) is 22.4 Å². The second-order valence-electron chi connectivity index (χ2n) is 7.37. The first kappa shape index (κ1) is 18.1. The molecule has 4 rings (SSSR count). The van der Waals surface area contributed by atoms with Gasteiger partial charge in [-0.2, -0.15) is 0 Å². The van der Waals surface area contributed by atoms with E-state index in [2.05, 4.69) is 10.3 Å². The molecule has 1 aromatic carbocycles. The lowest BCUT2D eigenvalue weighted by atomic mass is 9.75. The summed E-state index contributed by atoms with van der Waals surface area (Å²) in [5, 5.41) is 2.46. The van der Waals surface area contributed by atoms with Crippen molar-refractivity contribution in [3.63, 3.8) is 0 Å². The third-order valence-electron chi connectivity index (χ3n) is 4.88. The van der Waals surface area contributed by atoms with Crippen LogP contribution >= 0.6 is 0 Å². The number of carbonyl (C=O) groups is 1. The Morgan fingerprint density at radius 2 is 1.86 bits per heavy atom. The second kappa shape index (κ2) is 5.88. The van der Waals surface area contributed by atoms with Crippen molar-refractivity contribution in [2.24, 2.45) is 0 Å². The van der Waals surface area contributed by atoms with Crippen LogP contribution in [0.1, 0.15) is 35.9 Å². The molecule has 2 N–H and O–H groups in total. The fourth-order valence-corrected chi connectivity index (χ4v) is 3.79. The molecule has 0 spiro atoms. The summed E-state index contributed by atoms with van der Waals surface area (Å²) in [7, 11) is 0. The maximum atomic E-state index is 13.2. The van der Waals surface area contributed by atoms with E-state index in [0.717, 1.165) is 4.57 Å². The number of aryl methyl sites for hydroxylation is 1. The number of nitrogens with one attached hydrogen (secondary N) is 2. The van der Waals surface area contributed by atoms with Crippen LogP contribution in [0.4, 0.5) is 8.78 Å². The number of hydrogen-bond acceptors (Lipinski definition) is 4. The SMILES string of the molecule is Cc1oc2[nH]c(=O)n(-c3ccccc3)c(=O)c2c1C(=O)NC1(C)CC(F)(F)C1. The Morgan fingerprint density at radius 3 is 2.46 bits per heavy atom. The summed E-state index contributed by atoms with van der Waals surface area (Å²) >= 11 is 0. The molecule has 1 aliphatic rings. The number of nitrogens with zero attached hydrogens (tertiary/aromatic N) is 1. The van der Waals surface area contributed by atoms with Gasteiger partial charge in [0.25, 0.3) is 17.4 Å². The van der Waals surface area contributed by atoms with Gasteiger partial charge in [-0.1, -0.05) is 18.2 Å². The van der Waals surface area contributed by atoms with Crippen LogP contribution < -0.4 is 16.6 Å². The fourth-order valence-electron chi connectivity index (χ4n) is 3.79. The first-order valence-corrected chi connectivity index (χ1v) is 8.64. The predicted octanol–water partition coefficient (Wildman–Crippen LogP) is 2.50. The number of aromatic amines is 1. The zero-order chi connectivity index (χ0) is 20.3. The number of alkyl halides is 2. The predicted molar refractivity (Wildman–Crippen MR) is 97.2 cm³/mol. The van der Waals surface area contributed by atoms with E-state index in [1.54, 1.807) is 30.3 Å². The van der Waals surface area contributed by atoms with Gasteiger partial charge in [0, 0.05) is 18.4 Å². The molecule has 9 heteroatoms. The van der Waals surface area contributed by atoms with E-state index in [1.807, 2.05) is 0 Å². The minimum absolute atomic E-state index is 0.0719. The molecule has 7 nitrogen and oxygen atoms in total. The molecule has 0 radical (unpaired) electrons. The maximum Gasteiger partial charge on any atom is 0.335 e. The van der Waals surface area contributed by atoms with Gasteiger partial charge in [-0.15, -0.1) is 0 Å². The number of rotatable bonds is 3. The number of furan rings is 1. The molecule has 0 bridgehead atoms. The molecule has 1 fully saturated rings. The van der Waals surface area contributed by atoms with Crippen LogP contribution in [0.15, 0.2) is 44.3 Å². The van der Waals surface area contributed by atoms with Crippen molar-refractivity contribution in [2.75, 3.05) is 0 Å². The minimum Gasteiger partial charge on any atom is -0.444 e. The number of aromatic nitrogens is 2. The highest BCUT2D eigenvalue weighted by molar-refractivity contribution is 6.06. The highest BCUT2D eigenvalue weighted by atomic mass is 19.3. The van der Waals surface area contributed by atoms with E-state index in [4.69, 9.17) is 4.42 Å². The summed E-state index contributed by atoms with van der Waals surface area (Å²) in [5.74, 6) is -3.40. The monoisotopic (exact) mass is 389 g/mol. The number of halogens is 2. The number of carbonyl (C=O) groups excluding carboxylic acids is 1. The van der Waals surface area contributed by atoms with Crippen molar-refractivity contribution >= 4 is 17.0 Å². The number of hydrogen-bond donors (Lipinski definition) is 2. The first-order chi connectivity index (χ1) is 13.1. The maximum absolute atomic E-state index is 13.2. The van der Waals surface area contributed by atoms with Crippen molar-refractivity contribution in [2.45, 2.75) is 38.2 Å².